The van der Waals surface area contributed by atoms with Gasteiger partial charge in [-0.05, 0) is 29.8 Å². The van der Waals surface area contributed by atoms with Crippen molar-refractivity contribution in [2.45, 2.75) is 17.9 Å². The maximum Gasteiger partial charge on any atom is 0.137 e. The summed E-state index contributed by atoms with van der Waals surface area (Å²) in [4.78, 5) is 0. The number of benzene rings is 2. The zero-order chi connectivity index (χ0) is 13.9. The van der Waals surface area contributed by atoms with Crippen molar-refractivity contribution < 1.29 is 9.47 Å². The second-order valence-electron chi connectivity index (χ2n) is 4.75. The highest BCUT2D eigenvalue weighted by molar-refractivity contribution is 9.08. The van der Waals surface area contributed by atoms with E-state index < -0.39 is 0 Å². The number of hydrogen-bond acceptors (Lipinski definition) is 2. The van der Waals surface area contributed by atoms with E-state index >= 15 is 0 Å². The predicted octanol–water partition coefficient (Wildman–Crippen LogP) is 4.62. The van der Waals surface area contributed by atoms with Gasteiger partial charge in [-0.3, -0.25) is 0 Å². The van der Waals surface area contributed by atoms with E-state index in [2.05, 4.69) is 22.0 Å². The minimum absolute atomic E-state index is 0.0752. The summed E-state index contributed by atoms with van der Waals surface area (Å²) < 4.78 is 11.7. The lowest BCUT2D eigenvalue weighted by molar-refractivity contribution is 0.148. The molecule has 2 aromatic carbocycles. The SMILES string of the molecule is Clc1ccc(OCC2Cc3ccccc3O2)c(CBr)c1. The number of ether oxygens (including phenoxy) is 2. The van der Waals surface area contributed by atoms with E-state index in [1.807, 2.05) is 36.4 Å². The molecule has 0 fully saturated rings. The lowest BCUT2D eigenvalue weighted by Gasteiger charge is -2.14. The van der Waals surface area contributed by atoms with Crippen LogP contribution in [0.5, 0.6) is 11.5 Å². The van der Waals surface area contributed by atoms with Crippen LogP contribution in [0.2, 0.25) is 5.02 Å². The van der Waals surface area contributed by atoms with E-state index in [0.717, 1.165) is 28.5 Å². The summed E-state index contributed by atoms with van der Waals surface area (Å²) in [5.74, 6) is 1.82. The van der Waals surface area contributed by atoms with Crippen LogP contribution in [0, 0.1) is 0 Å². The molecule has 0 aliphatic carbocycles. The summed E-state index contributed by atoms with van der Waals surface area (Å²) in [6.45, 7) is 0.538. The maximum atomic E-state index is 5.98. The quantitative estimate of drug-likeness (QED) is 0.747. The van der Waals surface area contributed by atoms with E-state index in [9.17, 15) is 0 Å². The largest absolute Gasteiger partial charge is 0.489 e. The third-order valence-electron chi connectivity index (χ3n) is 3.31. The van der Waals surface area contributed by atoms with Crippen LogP contribution in [-0.2, 0) is 11.8 Å². The molecule has 20 heavy (non-hydrogen) atoms. The Kier molecular flexibility index (Phi) is 4.18. The van der Waals surface area contributed by atoms with Crippen molar-refractivity contribution in [3.8, 4) is 11.5 Å². The Bertz CT molecular complexity index is 590. The average molecular weight is 354 g/mol. The molecular formula is C16H14BrClO2. The standard InChI is InChI=1S/C16H14BrClO2/c17-9-12-7-13(18)5-6-15(12)19-10-14-8-11-3-1-2-4-16(11)20-14/h1-7,14H,8-10H2. The molecule has 0 amide bonds. The van der Waals surface area contributed by atoms with E-state index in [1.54, 1.807) is 0 Å². The molecule has 1 atom stereocenters. The minimum atomic E-state index is 0.0752. The number of halogens is 2. The first-order valence-corrected chi connectivity index (χ1v) is 7.98. The second-order valence-corrected chi connectivity index (χ2v) is 5.75. The summed E-state index contributed by atoms with van der Waals surface area (Å²) in [5, 5.41) is 1.44. The van der Waals surface area contributed by atoms with Gasteiger partial charge in [-0.2, -0.15) is 0 Å². The van der Waals surface area contributed by atoms with Gasteiger partial charge in [-0.1, -0.05) is 45.7 Å². The smallest absolute Gasteiger partial charge is 0.137 e. The van der Waals surface area contributed by atoms with Gasteiger partial charge in [-0.25, -0.2) is 0 Å². The monoisotopic (exact) mass is 352 g/mol. The predicted molar refractivity (Wildman–Crippen MR) is 84.1 cm³/mol. The fraction of sp³-hybridized carbons (Fsp3) is 0.250. The molecule has 1 unspecified atom stereocenters. The third-order valence-corrected chi connectivity index (χ3v) is 4.14. The topological polar surface area (TPSA) is 18.5 Å². The van der Waals surface area contributed by atoms with E-state index in [1.165, 1.54) is 5.56 Å². The molecule has 0 aromatic heterocycles. The van der Waals surface area contributed by atoms with Crippen LogP contribution in [0.1, 0.15) is 11.1 Å². The van der Waals surface area contributed by atoms with Gasteiger partial charge in [0.05, 0.1) is 0 Å². The molecule has 4 heteroatoms. The van der Waals surface area contributed by atoms with Gasteiger partial charge < -0.3 is 9.47 Å². The number of para-hydroxylation sites is 1. The molecule has 0 bridgehead atoms. The number of fused-ring (bicyclic) bond motifs is 1. The maximum absolute atomic E-state index is 5.98. The lowest BCUT2D eigenvalue weighted by atomic mass is 10.1. The lowest BCUT2D eigenvalue weighted by Crippen LogP contribution is -2.22. The van der Waals surface area contributed by atoms with Crippen molar-refractivity contribution in [3.63, 3.8) is 0 Å². The summed E-state index contributed by atoms with van der Waals surface area (Å²) in [6.07, 6.45) is 0.971. The van der Waals surface area contributed by atoms with Crippen LogP contribution in [0.25, 0.3) is 0 Å². The molecule has 1 heterocycles. The molecule has 0 N–H and O–H groups in total. The molecule has 0 radical (unpaired) electrons. The molecule has 2 aromatic rings. The van der Waals surface area contributed by atoms with E-state index in [4.69, 9.17) is 21.1 Å². The molecule has 1 aliphatic rings. The normalized spacial score (nSPS) is 16.6. The van der Waals surface area contributed by atoms with Gasteiger partial charge in [-0.15, -0.1) is 0 Å². The highest BCUT2D eigenvalue weighted by Crippen LogP contribution is 2.30. The summed E-state index contributed by atoms with van der Waals surface area (Å²) >= 11 is 9.43. The molecule has 0 spiro atoms. The van der Waals surface area contributed by atoms with Gasteiger partial charge in [0.1, 0.15) is 24.2 Å². The van der Waals surface area contributed by atoms with Crippen LogP contribution < -0.4 is 9.47 Å². The van der Waals surface area contributed by atoms with Crippen LogP contribution in [0.4, 0.5) is 0 Å². The molecule has 1 aliphatic heterocycles. The first-order valence-electron chi connectivity index (χ1n) is 6.48. The molecule has 0 saturated carbocycles. The van der Waals surface area contributed by atoms with Crippen LogP contribution in [0.3, 0.4) is 0 Å². The fourth-order valence-corrected chi connectivity index (χ4v) is 2.96. The number of hydrogen-bond donors (Lipinski definition) is 0. The Hall–Kier alpha value is -1.19. The Balaban J connectivity index is 1.64. The van der Waals surface area contributed by atoms with Crippen molar-refractivity contribution in [1.29, 1.82) is 0 Å². The van der Waals surface area contributed by atoms with Crippen LogP contribution >= 0.6 is 27.5 Å². The van der Waals surface area contributed by atoms with E-state index in [-0.39, 0.29) is 6.10 Å². The first-order chi connectivity index (χ1) is 9.76. The van der Waals surface area contributed by atoms with Gasteiger partial charge in [0.2, 0.25) is 0 Å². The molecular weight excluding hydrogens is 340 g/mol. The second kappa shape index (κ2) is 6.06. The zero-order valence-electron chi connectivity index (χ0n) is 10.8. The molecule has 0 saturated heterocycles. The summed E-state index contributed by atoms with van der Waals surface area (Å²) in [6, 6.07) is 13.8. The average Bonchev–Trinajstić information content (AvgIpc) is 2.88. The minimum Gasteiger partial charge on any atom is -0.489 e. The van der Waals surface area contributed by atoms with Gasteiger partial charge >= 0.3 is 0 Å². The van der Waals surface area contributed by atoms with Crippen LogP contribution in [0.15, 0.2) is 42.5 Å². The van der Waals surface area contributed by atoms with Crippen molar-refractivity contribution in [2.75, 3.05) is 6.61 Å². The third kappa shape index (κ3) is 2.94. The van der Waals surface area contributed by atoms with Gasteiger partial charge in [0, 0.05) is 22.3 Å². The molecule has 104 valence electrons. The van der Waals surface area contributed by atoms with Gasteiger partial charge in [0.25, 0.3) is 0 Å². The Morgan fingerprint density at radius 1 is 1.25 bits per heavy atom. The van der Waals surface area contributed by atoms with E-state index in [0.29, 0.717) is 11.9 Å². The zero-order valence-corrected chi connectivity index (χ0v) is 13.2. The van der Waals surface area contributed by atoms with Crippen molar-refractivity contribution in [3.05, 3.63) is 58.6 Å². The highest BCUT2D eigenvalue weighted by Gasteiger charge is 2.23. The Morgan fingerprint density at radius 2 is 2.10 bits per heavy atom. The van der Waals surface area contributed by atoms with Crippen LogP contribution in [-0.4, -0.2) is 12.7 Å². The fourth-order valence-electron chi connectivity index (χ4n) is 2.32. The number of rotatable bonds is 4. The van der Waals surface area contributed by atoms with Crippen molar-refractivity contribution >= 4 is 27.5 Å². The summed E-state index contributed by atoms with van der Waals surface area (Å²) in [5.41, 5.74) is 2.30. The highest BCUT2D eigenvalue weighted by atomic mass is 79.9. The summed E-state index contributed by atoms with van der Waals surface area (Å²) in [7, 11) is 0. The van der Waals surface area contributed by atoms with Crippen molar-refractivity contribution in [2.24, 2.45) is 0 Å². The van der Waals surface area contributed by atoms with Gasteiger partial charge in [0.15, 0.2) is 0 Å². The first kappa shape index (κ1) is 13.8. The van der Waals surface area contributed by atoms with Crippen molar-refractivity contribution in [1.82, 2.24) is 0 Å². The number of alkyl halides is 1. The molecule has 2 nitrogen and oxygen atoms in total. The molecule has 3 rings (SSSR count). The Morgan fingerprint density at radius 3 is 2.90 bits per heavy atom. The Labute approximate surface area is 131 Å².